The van der Waals surface area contributed by atoms with Crippen LogP contribution in [0.5, 0.6) is 5.75 Å². The highest BCUT2D eigenvalue weighted by Gasteiger charge is 2.15. The second-order valence-electron chi connectivity index (χ2n) is 7.76. The average Bonchev–Trinajstić information content (AvgIpc) is 2.72. The summed E-state index contributed by atoms with van der Waals surface area (Å²) < 4.78 is 7.15. The molecule has 1 saturated carbocycles. The number of carbonyl (C=O) groups is 2. The molecular formula is C23H29N3O3. The van der Waals surface area contributed by atoms with Crippen molar-refractivity contribution in [1.82, 2.24) is 9.47 Å². The van der Waals surface area contributed by atoms with E-state index in [0.717, 1.165) is 18.4 Å². The summed E-state index contributed by atoms with van der Waals surface area (Å²) >= 11 is 0. The number of nitrogens with zero attached hydrogens (tertiary/aromatic N) is 3. The third-order valence-corrected chi connectivity index (χ3v) is 5.14. The molecule has 6 nitrogen and oxygen atoms in total. The minimum absolute atomic E-state index is 0.0649. The largest absolute Gasteiger partial charge is 0.484 e. The number of carbonyl (C=O) groups excluding carboxylic acids is 2. The van der Waals surface area contributed by atoms with Gasteiger partial charge in [-0.1, -0.05) is 25.3 Å². The van der Waals surface area contributed by atoms with Crippen LogP contribution in [0.25, 0.3) is 0 Å². The van der Waals surface area contributed by atoms with Gasteiger partial charge in [0.05, 0.1) is 6.04 Å². The number of aromatic nitrogens is 1. The lowest BCUT2D eigenvalue weighted by molar-refractivity contribution is -0.130. The lowest BCUT2D eigenvalue weighted by Gasteiger charge is -2.18. The van der Waals surface area contributed by atoms with Crippen LogP contribution in [-0.2, 0) is 4.79 Å². The van der Waals surface area contributed by atoms with Crippen LogP contribution in [0.2, 0.25) is 0 Å². The molecule has 1 fully saturated rings. The maximum Gasteiger partial charge on any atom is 0.263 e. The highest BCUT2D eigenvalue weighted by Crippen LogP contribution is 2.20. The Morgan fingerprint density at radius 1 is 1.14 bits per heavy atom. The maximum atomic E-state index is 13.2. The van der Waals surface area contributed by atoms with E-state index in [2.05, 4.69) is 0 Å². The number of hydrogen-bond donors (Lipinski definition) is 0. The second kappa shape index (κ2) is 9.54. The zero-order valence-corrected chi connectivity index (χ0v) is 17.4. The first kappa shape index (κ1) is 20.8. The standard InChI is InChI=1S/C23H29N3O3/c1-17-12-13-26(21(14-17)24-19-9-5-4-6-10-19)23(28)18-8-7-11-20(15-18)29-16-22(27)25(2)3/h7-8,11-15,19H,4-6,9-10,16H2,1-3H3. The number of likely N-dealkylation sites (N-methyl/N-ethyl adjacent to an activating group) is 1. The molecule has 1 aromatic heterocycles. The van der Waals surface area contributed by atoms with E-state index in [1.54, 1.807) is 49.1 Å². The van der Waals surface area contributed by atoms with Gasteiger partial charge >= 0.3 is 0 Å². The summed E-state index contributed by atoms with van der Waals surface area (Å²) in [6, 6.07) is 11.1. The Morgan fingerprint density at radius 2 is 1.90 bits per heavy atom. The van der Waals surface area contributed by atoms with E-state index in [0.29, 0.717) is 16.8 Å². The zero-order chi connectivity index (χ0) is 20.8. The second-order valence-corrected chi connectivity index (χ2v) is 7.76. The van der Waals surface area contributed by atoms with Crippen molar-refractivity contribution in [3.8, 4) is 5.75 Å². The van der Waals surface area contributed by atoms with E-state index < -0.39 is 0 Å². The number of benzene rings is 1. The molecule has 3 rings (SSSR count). The molecule has 1 aliphatic carbocycles. The number of rotatable bonds is 5. The monoisotopic (exact) mass is 395 g/mol. The molecule has 154 valence electrons. The fourth-order valence-corrected chi connectivity index (χ4v) is 3.39. The molecule has 0 radical (unpaired) electrons. The third kappa shape index (κ3) is 5.56. The smallest absolute Gasteiger partial charge is 0.263 e. The molecule has 1 aromatic carbocycles. The first-order valence-electron chi connectivity index (χ1n) is 10.1. The van der Waals surface area contributed by atoms with Gasteiger partial charge in [-0.3, -0.25) is 19.1 Å². The number of pyridine rings is 1. The van der Waals surface area contributed by atoms with Crippen molar-refractivity contribution >= 4 is 11.8 Å². The Hall–Kier alpha value is -2.89. The quantitative estimate of drug-likeness (QED) is 0.781. The van der Waals surface area contributed by atoms with Crippen LogP contribution in [-0.4, -0.2) is 48.0 Å². The summed E-state index contributed by atoms with van der Waals surface area (Å²) in [7, 11) is 3.36. The molecule has 0 aliphatic heterocycles. The highest BCUT2D eigenvalue weighted by molar-refractivity contribution is 5.96. The van der Waals surface area contributed by atoms with Crippen molar-refractivity contribution in [2.24, 2.45) is 4.99 Å². The maximum absolute atomic E-state index is 13.2. The SMILES string of the molecule is Cc1ccn(C(=O)c2cccc(OCC(=O)N(C)C)c2)c(=NC2CCCCC2)c1. The van der Waals surface area contributed by atoms with Crippen molar-refractivity contribution in [3.05, 3.63) is 59.2 Å². The molecule has 2 aromatic rings. The molecular weight excluding hydrogens is 366 g/mol. The molecule has 6 heteroatoms. The fourth-order valence-electron chi connectivity index (χ4n) is 3.39. The van der Waals surface area contributed by atoms with E-state index >= 15 is 0 Å². The molecule has 0 saturated heterocycles. The molecule has 1 heterocycles. The Bertz CT molecular complexity index is 940. The minimum Gasteiger partial charge on any atom is -0.484 e. The van der Waals surface area contributed by atoms with Gasteiger partial charge in [-0.15, -0.1) is 0 Å². The summed E-state index contributed by atoms with van der Waals surface area (Å²) in [6.45, 7) is 1.94. The molecule has 0 atom stereocenters. The van der Waals surface area contributed by atoms with Gasteiger partial charge < -0.3 is 9.64 Å². The Morgan fingerprint density at radius 3 is 2.62 bits per heavy atom. The number of ether oxygens (including phenoxy) is 1. The van der Waals surface area contributed by atoms with Gasteiger partial charge in [0.25, 0.3) is 11.8 Å². The van der Waals surface area contributed by atoms with Crippen LogP contribution in [0.4, 0.5) is 0 Å². The van der Waals surface area contributed by atoms with Crippen LogP contribution in [0, 0.1) is 6.92 Å². The Kier molecular flexibility index (Phi) is 6.86. The van der Waals surface area contributed by atoms with Gasteiger partial charge in [0.1, 0.15) is 11.2 Å². The zero-order valence-electron chi connectivity index (χ0n) is 17.4. The highest BCUT2D eigenvalue weighted by atomic mass is 16.5. The molecule has 0 N–H and O–H groups in total. The van der Waals surface area contributed by atoms with Crippen LogP contribution in [0.1, 0.15) is 48.0 Å². The van der Waals surface area contributed by atoms with E-state index in [-0.39, 0.29) is 24.5 Å². The normalized spacial score (nSPS) is 15.2. The number of hydrogen-bond acceptors (Lipinski definition) is 4. The number of aryl methyl sites for hydroxylation is 1. The van der Waals surface area contributed by atoms with E-state index in [1.807, 2.05) is 19.1 Å². The van der Waals surface area contributed by atoms with E-state index in [1.165, 1.54) is 24.2 Å². The fraction of sp³-hybridized carbons (Fsp3) is 0.435. The Balaban J connectivity index is 1.86. The van der Waals surface area contributed by atoms with E-state index in [4.69, 9.17) is 9.73 Å². The van der Waals surface area contributed by atoms with Crippen molar-refractivity contribution in [1.29, 1.82) is 0 Å². The number of amides is 1. The average molecular weight is 396 g/mol. The lowest BCUT2D eigenvalue weighted by atomic mass is 9.96. The first-order chi connectivity index (χ1) is 13.9. The molecule has 0 unspecified atom stereocenters. The Labute approximate surface area is 171 Å². The van der Waals surface area contributed by atoms with Gasteiger partial charge in [-0.05, 0) is 55.7 Å². The van der Waals surface area contributed by atoms with Gasteiger partial charge in [0.2, 0.25) is 0 Å². The predicted octanol–water partition coefficient (Wildman–Crippen LogP) is 3.19. The van der Waals surface area contributed by atoms with Crippen LogP contribution in [0.3, 0.4) is 0 Å². The van der Waals surface area contributed by atoms with Crippen molar-refractivity contribution in [2.75, 3.05) is 20.7 Å². The topological polar surface area (TPSA) is 63.9 Å². The van der Waals surface area contributed by atoms with Gasteiger partial charge in [0, 0.05) is 25.9 Å². The predicted molar refractivity (Wildman–Crippen MR) is 112 cm³/mol. The van der Waals surface area contributed by atoms with Gasteiger partial charge in [-0.25, -0.2) is 0 Å². The molecule has 0 spiro atoms. The lowest BCUT2D eigenvalue weighted by Crippen LogP contribution is -2.30. The molecule has 29 heavy (non-hydrogen) atoms. The van der Waals surface area contributed by atoms with Crippen LogP contribution in [0.15, 0.2) is 47.6 Å². The van der Waals surface area contributed by atoms with Gasteiger partial charge in [0.15, 0.2) is 6.61 Å². The summed E-state index contributed by atoms with van der Waals surface area (Å²) in [5, 5.41) is 0. The van der Waals surface area contributed by atoms with E-state index in [9.17, 15) is 9.59 Å². The van der Waals surface area contributed by atoms with Gasteiger partial charge in [-0.2, -0.15) is 0 Å². The summed E-state index contributed by atoms with van der Waals surface area (Å²) in [5.74, 6) is 0.191. The minimum atomic E-state index is -0.163. The first-order valence-corrected chi connectivity index (χ1v) is 10.1. The van der Waals surface area contributed by atoms with Crippen LogP contribution < -0.4 is 10.2 Å². The summed E-state index contributed by atoms with van der Waals surface area (Å²) in [6.07, 6.45) is 7.58. The van der Waals surface area contributed by atoms with Crippen molar-refractivity contribution < 1.29 is 14.3 Å². The van der Waals surface area contributed by atoms with Crippen LogP contribution >= 0.6 is 0 Å². The summed E-state index contributed by atoms with van der Waals surface area (Å²) in [4.78, 5) is 31.3. The summed E-state index contributed by atoms with van der Waals surface area (Å²) in [5.41, 5.74) is 2.26. The molecule has 0 bridgehead atoms. The third-order valence-electron chi connectivity index (χ3n) is 5.14. The van der Waals surface area contributed by atoms with Crippen molar-refractivity contribution in [2.45, 2.75) is 45.1 Å². The van der Waals surface area contributed by atoms with Crippen molar-refractivity contribution in [3.63, 3.8) is 0 Å². The molecule has 1 amide bonds. The molecule has 1 aliphatic rings.